The number of hydrogen-bond acceptors (Lipinski definition) is 6. The van der Waals surface area contributed by atoms with Crippen molar-refractivity contribution in [3.63, 3.8) is 0 Å². The molecule has 0 amide bonds. The van der Waals surface area contributed by atoms with Gasteiger partial charge in [0.1, 0.15) is 5.82 Å². The van der Waals surface area contributed by atoms with Gasteiger partial charge in [-0.3, -0.25) is 0 Å². The molecule has 1 saturated heterocycles. The summed E-state index contributed by atoms with van der Waals surface area (Å²) in [5.41, 5.74) is 0. The lowest BCUT2D eigenvalue weighted by molar-refractivity contribution is 0.596. The van der Waals surface area contributed by atoms with E-state index in [-0.39, 0.29) is 5.92 Å². The predicted octanol–water partition coefficient (Wildman–Crippen LogP) is 0.947. The van der Waals surface area contributed by atoms with Gasteiger partial charge in [0.2, 0.25) is 5.13 Å². The van der Waals surface area contributed by atoms with Gasteiger partial charge in [-0.25, -0.2) is 13.4 Å². The highest BCUT2D eigenvalue weighted by atomic mass is 32.2. The number of nitrogens with zero attached hydrogens (tertiary/aromatic N) is 2. The predicted molar refractivity (Wildman–Crippen MR) is 64.5 cm³/mol. The normalized spacial score (nSPS) is 23.4. The van der Waals surface area contributed by atoms with E-state index in [2.05, 4.69) is 14.7 Å². The number of aromatic nitrogens is 2. The Hall–Kier alpha value is -0.690. The topological polar surface area (TPSA) is 72.0 Å². The standard InChI is InChI=1S/C9H15N3O2S2/c1-2-8-11-9(15-12-8)10-5-7-3-4-16(13,14)6-7/h7H,2-6H2,1H3,(H,10,11,12). The van der Waals surface area contributed by atoms with Crippen LogP contribution in [0.2, 0.25) is 0 Å². The Bertz CT molecular complexity index is 455. The molecule has 7 heteroatoms. The zero-order valence-corrected chi connectivity index (χ0v) is 10.8. The molecule has 1 fully saturated rings. The monoisotopic (exact) mass is 261 g/mol. The van der Waals surface area contributed by atoms with Crippen LogP contribution < -0.4 is 5.32 Å². The first-order chi connectivity index (χ1) is 7.59. The van der Waals surface area contributed by atoms with Crippen LogP contribution in [-0.2, 0) is 16.3 Å². The molecule has 0 spiro atoms. The van der Waals surface area contributed by atoms with Crippen LogP contribution >= 0.6 is 11.5 Å². The number of aryl methyl sites for hydroxylation is 1. The summed E-state index contributed by atoms with van der Waals surface area (Å²) in [5, 5.41) is 3.95. The van der Waals surface area contributed by atoms with Gasteiger partial charge in [-0.05, 0) is 12.3 Å². The number of anilines is 1. The van der Waals surface area contributed by atoms with Crippen LogP contribution in [0.3, 0.4) is 0 Å². The molecule has 1 unspecified atom stereocenters. The first kappa shape index (κ1) is 11.8. The van der Waals surface area contributed by atoms with Gasteiger partial charge >= 0.3 is 0 Å². The molecule has 5 nitrogen and oxygen atoms in total. The number of sulfone groups is 1. The molecule has 0 saturated carbocycles. The first-order valence-corrected chi connectivity index (χ1v) is 7.95. The van der Waals surface area contributed by atoms with E-state index >= 15 is 0 Å². The summed E-state index contributed by atoms with van der Waals surface area (Å²) in [6, 6.07) is 0. The lowest BCUT2D eigenvalue weighted by Gasteiger charge is -2.07. The Labute approximate surface area is 99.4 Å². The van der Waals surface area contributed by atoms with Crippen LogP contribution in [0.25, 0.3) is 0 Å². The van der Waals surface area contributed by atoms with Crippen LogP contribution in [0.5, 0.6) is 0 Å². The van der Waals surface area contributed by atoms with Gasteiger partial charge in [-0.15, -0.1) is 0 Å². The maximum absolute atomic E-state index is 11.2. The third-order valence-corrected chi connectivity index (χ3v) is 5.20. The molecule has 1 aliphatic rings. The summed E-state index contributed by atoms with van der Waals surface area (Å²) >= 11 is 1.34. The molecular weight excluding hydrogens is 246 g/mol. The fourth-order valence-electron chi connectivity index (χ4n) is 1.73. The van der Waals surface area contributed by atoms with Crippen molar-refractivity contribution in [3.05, 3.63) is 5.82 Å². The van der Waals surface area contributed by atoms with E-state index in [1.165, 1.54) is 11.5 Å². The zero-order valence-electron chi connectivity index (χ0n) is 9.14. The summed E-state index contributed by atoms with van der Waals surface area (Å²) in [5.74, 6) is 1.69. The zero-order chi connectivity index (χ0) is 11.6. The number of rotatable bonds is 4. The Kier molecular flexibility index (Phi) is 3.44. The van der Waals surface area contributed by atoms with E-state index in [0.717, 1.165) is 23.8 Å². The number of hydrogen-bond donors (Lipinski definition) is 1. The van der Waals surface area contributed by atoms with Crippen molar-refractivity contribution >= 4 is 26.5 Å². The lowest BCUT2D eigenvalue weighted by atomic mass is 10.1. The van der Waals surface area contributed by atoms with E-state index in [4.69, 9.17) is 0 Å². The Balaban J connectivity index is 1.84. The van der Waals surface area contributed by atoms with E-state index in [0.29, 0.717) is 18.1 Å². The quantitative estimate of drug-likeness (QED) is 0.873. The van der Waals surface area contributed by atoms with Gasteiger partial charge in [0.15, 0.2) is 9.84 Å². The van der Waals surface area contributed by atoms with Crippen molar-refractivity contribution in [2.24, 2.45) is 5.92 Å². The summed E-state index contributed by atoms with van der Waals surface area (Å²) in [7, 11) is -2.77. The highest BCUT2D eigenvalue weighted by Crippen LogP contribution is 2.19. The molecular formula is C9H15N3O2S2. The van der Waals surface area contributed by atoms with Gasteiger partial charge < -0.3 is 5.32 Å². The van der Waals surface area contributed by atoms with E-state index in [1.807, 2.05) is 6.92 Å². The van der Waals surface area contributed by atoms with Crippen molar-refractivity contribution in [2.45, 2.75) is 19.8 Å². The van der Waals surface area contributed by atoms with Gasteiger partial charge in [-0.1, -0.05) is 6.92 Å². The smallest absolute Gasteiger partial charge is 0.202 e. The molecule has 1 aromatic rings. The van der Waals surface area contributed by atoms with Crippen LogP contribution in [0.1, 0.15) is 19.2 Å². The average molecular weight is 261 g/mol. The molecule has 1 N–H and O–H groups in total. The van der Waals surface area contributed by atoms with E-state index < -0.39 is 9.84 Å². The highest BCUT2D eigenvalue weighted by Gasteiger charge is 2.27. The minimum absolute atomic E-state index is 0.221. The number of nitrogens with one attached hydrogen (secondary N) is 1. The third kappa shape index (κ3) is 2.91. The van der Waals surface area contributed by atoms with Crippen molar-refractivity contribution in [2.75, 3.05) is 23.4 Å². The van der Waals surface area contributed by atoms with Gasteiger partial charge in [0.05, 0.1) is 11.5 Å². The van der Waals surface area contributed by atoms with Crippen molar-refractivity contribution in [1.29, 1.82) is 0 Å². The molecule has 0 aliphatic carbocycles. The van der Waals surface area contributed by atoms with E-state index in [1.54, 1.807) is 0 Å². The van der Waals surface area contributed by atoms with Crippen LogP contribution in [0, 0.1) is 5.92 Å². The van der Waals surface area contributed by atoms with Crippen LogP contribution in [0.15, 0.2) is 0 Å². The second-order valence-corrected chi connectivity index (χ2v) is 7.00. The average Bonchev–Trinajstić information content (AvgIpc) is 2.81. The summed E-state index contributed by atoms with van der Waals surface area (Å²) < 4.78 is 26.7. The van der Waals surface area contributed by atoms with E-state index in [9.17, 15) is 8.42 Å². The second-order valence-electron chi connectivity index (χ2n) is 4.02. The van der Waals surface area contributed by atoms with Crippen molar-refractivity contribution in [1.82, 2.24) is 9.36 Å². The molecule has 2 heterocycles. The van der Waals surface area contributed by atoms with Crippen LogP contribution in [0.4, 0.5) is 5.13 Å². The SMILES string of the molecule is CCc1nsc(NCC2CCS(=O)(=O)C2)n1. The molecule has 1 atom stereocenters. The molecule has 0 radical (unpaired) electrons. The molecule has 0 bridgehead atoms. The van der Waals surface area contributed by atoms with Gasteiger partial charge in [0, 0.05) is 24.5 Å². The van der Waals surface area contributed by atoms with Crippen molar-refractivity contribution in [3.8, 4) is 0 Å². The molecule has 1 aromatic heterocycles. The second kappa shape index (κ2) is 4.67. The van der Waals surface area contributed by atoms with Gasteiger partial charge in [0.25, 0.3) is 0 Å². The molecule has 16 heavy (non-hydrogen) atoms. The fourth-order valence-corrected chi connectivity index (χ4v) is 4.25. The largest absolute Gasteiger partial charge is 0.360 e. The Morgan fingerprint density at radius 3 is 2.94 bits per heavy atom. The first-order valence-electron chi connectivity index (χ1n) is 5.36. The maximum Gasteiger partial charge on any atom is 0.202 e. The summed E-state index contributed by atoms with van der Waals surface area (Å²) in [6.45, 7) is 2.69. The molecule has 1 aliphatic heterocycles. The summed E-state index contributed by atoms with van der Waals surface area (Å²) in [4.78, 5) is 4.27. The molecule has 2 rings (SSSR count). The summed E-state index contributed by atoms with van der Waals surface area (Å²) in [6.07, 6.45) is 1.59. The molecule has 90 valence electrons. The maximum atomic E-state index is 11.2. The minimum Gasteiger partial charge on any atom is -0.360 e. The highest BCUT2D eigenvalue weighted by molar-refractivity contribution is 7.91. The third-order valence-electron chi connectivity index (χ3n) is 2.65. The lowest BCUT2D eigenvalue weighted by Crippen LogP contribution is -2.15. The Morgan fingerprint density at radius 2 is 2.38 bits per heavy atom. The van der Waals surface area contributed by atoms with Crippen LogP contribution in [-0.4, -0.2) is 35.8 Å². The van der Waals surface area contributed by atoms with Gasteiger partial charge in [-0.2, -0.15) is 4.37 Å². The molecule has 0 aromatic carbocycles. The van der Waals surface area contributed by atoms with Crippen molar-refractivity contribution < 1.29 is 8.42 Å². The fraction of sp³-hybridized carbons (Fsp3) is 0.778. The minimum atomic E-state index is -2.77. The Morgan fingerprint density at radius 1 is 1.56 bits per heavy atom.